The number of rotatable bonds is 6. The van der Waals surface area contributed by atoms with Crippen LogP contribution in [0.1, 0.15) is 37.8 Å². The molecular weight excluding hydrogens is 372 g/mol. The van der Waals surface area contributed by atoms with Gasteiger partial charge in [-0.2, -0.15) is 4.40 Å². The minimum atomic E-state index is -1.27. The third-order valence-corrected chi connectivity index (χ3v) is 5.34. The summed E-state index contributed by atoms with van der Waals surface area (Å²) in [6.45, 7) is 7.89. The molecule has 0 aliphatic rings. The van der Waals surface area contributed by atoms with E-state index in [1.165, 1.54) is 0 Å². The van der Waals surface area contributed by atoms with Gasteiger partial charge < -0.3 is 9.15 Å². The zero-order valence-electron chi connectivity index (χ0n) is 16.5. The van der Waals surface area contributed by atoms with Crippen LogP contribution >= 0.6 is 0 Å². The minimum absolute atomic E-state index is 0.323. The van der Waals surface area contributed by atoms with Crippen LogP contribution in [0.3, 0.4) is 0 Å². The van der Waals surface area contributed by atoms with Crippen LogP contribution in [0.15, 0.2) is 63.4 Å². The summed E-state index contributed by atoms with van der Waals surface area (Å²) in [7, 11) is -1.27. The first kappa shape index (κ1) is 20.0. The second kappa shape index (κ2) is 8.52. The van der Waals surface area contributed by atoms with Crippen molar-refractivity contribution >= 4 is 17.2 Å². The molecule has 0 radical (unpaired) electrons. The molecule has 5 nitrogen and oxygen atoms in total. The lowest BCUT2D eigenvalue weighted by molar-refractivity contribution is 0.299. The van der Waals surface area contributed by atoms with Crippen molar-refractivity contribution in [2.45, 2.75) is 39.0 Å². The lowest BCUT2D eigenvalue weighted by Gasteiger charge is -2.12. The Kier molecular flexibility index (Phi) is 6.09. The van der Waals surface area contributed by atoms with Gasteiger partial charge in [-0.05, 0) is 69.7 Å². The fourth-order valence-electron chi connectivity index (χ4n) is 2.33. The summed E-state index contributed by atoms with van der Waals surface area (Å²) in [6.07, 6.45) is 1.62. The van der Waals surface area contributed by atoms with Gasteiger partial charge in [-0.25, -0.2) is 9.19 Å². The van der Waals surface area contributed by atoms with E-state index in [9.17, 15) is 4.21 Å². The Morgan fingerprint density at radius 3 is 2.43 bits per heavy atom. The van der Waals surface area contributed by atoms with E-state index in [1.54, 1.807) is 6.21 Å². The number of aryl methyl sites for hydroxylation is 1. The highest BCUT2D eigenvalue weighted by molar-refractivity contribution is 7.85. The lowest BCUT2D eigenvalue weighted by Crippen LogP contribution is -2.19. The van der Waals surface area contributed by atoms with Crippen LogP contribution in [0.2, 0.25) is 0 Å². The van der Waals surface area contributed by atoms with E-state index in [0.717, 1.165) is 28.3 Å². The van der Waals surface area contributed by atoms with Crippen molar-refractivity contribution in [2.24, 2.45) is 4.40 Å². The second-order valence-corrected chi connectivity index (χ2v) is 9.28. The van der Waals surface area contributed by atoms with Crippen molar-refractivity contribution in [1.82, 2.24) is 4.98 Å². The van der Waals surface area contributed by atoms with Gasteiger partial charge in [-0.3, -0.25) is 0 Å². The molecule has 0 spiro atoms. The summed E-state index contributed by atoms with van der Waals surface area (Å²) in [5.74, 6) is 2.06. The van der Waals surface area contributed by atoms with Crippen molar-refractivity contribution in [3.8, 4) is 17.2 Å². The number of benzene rings is 2. The second-order valence-electron chi connectivity index (χ2n) is 7.34. The Labute approximate surface area is 168 Å². The highest BCUT2D eigenvalue weighted by Crippen LogP contribution is 2.22. The molecule has 3 aromatic rings. The van der Waals surface area contributed by atoms with E-state index in [4.69, 9.17) is 9.15 Å². The van der Waals surface area contributed by atoms with Crippen LogP contribution in [0.4, 0.5) is 0 Å². The van der Waals surface area contributed by atoms with Gasteiger partial charge in [0, 0.05) is 11.8 Å². The largest absolute Gasteiger partial charge is 0.487 e. The van der Waals surface area contributed by atoms with E-state index in [2.05, 4.69) is 9.38 Å². The molecule has 0 saturated carbocycles. The summed E-state index contributed by atoms with van der Waals surface area (Å²) in [5.41, 5.74) is 2.58. The molecule has 0 bridgehead atoms. The Balaban J connectivity index is 1.62. The van der Waals surface area contributed by atoms with E-state index < -0.39 is 11.0 Å². The highest BCUT2D eigenvalue weighted by Gasteiger charge is 2.18. The molecule has 1 aromatic heterocycles. The monoisotopic (exact) mass is 396 g/mol. The van der Waals surface area contributed by atoms with Crippen LogP contribution in [-0.4, -0.2) is 20.2 Å². The Morgan fingerprint density at radius 1 is 1.11 bits per heavy atom. The molecule has 0 fully saturated rings. The number of nitrogens with zero attached hydrogens (tertiary/aromatic N) is 2. The number of hydrogen-bond donors (Lipinski definition) is 0. The molecule has 0 N–H and O–H groups in total. The first-order valence-corrected chi connectivity index (χ1v) is 10.1. The predicted molar refractivity (Wildman–Crippen MR) is 113 cm³/mol. The van der Waals surface area contributed by atoms with Gasteiger partial charge in [-0.15, -0.1) is 0 Å². The van der Waals surface area contributed by atoms with Gasteiger partial charge in [-0.1, -0.05) is 18.2 Å². The Morgan fingerprint density at radius 2 is 1.79 bits per heavy atom. The quantitative estimate of drug-likeness (QED) is 0.543. The topological polar surface area (TPSA) is 64.7 Å². The third kappa shape index (κ3) is 5.16. The van der Waals surface area contributed by atoms with Gasteiger partial charge >= 0.3 is 0 Å². The molecule has 1 unspecified atom stereocenters. The molecule has 0 saturated heterocycles. The van der Waals surface area contributed by atoms with Crippen LogP contribution in [0.5, 0.6) is 5.75 Å². The normalized spacial score (nSPS) is 13.0. The average Bonchev–Trinajstić information content (AvgIpc) is 3.06. The van der Waals surface area contributed by atoms with Crippen LogP contribution in [0.25, 0.3) is 11.5 Å². The molecule has 1 atom stereocenters. The number of hydrogen-bond acceptors (Lipinski definition) is 4. The fraction of sp³-hybridized carbons (Fsp3) is 0.273. The van der Waals surface area contributed by atoms with Crippen molar-refractivity contribution in [3.63, 3.8) is 0 Å². The van der Waals surface area contributed by atoms with Gasteiger partial charge in [0.1, 0.15) is 34.8 Å². The molecule has 1 heterocycles. The first-order valence-electron chi connectivity index (χ1n) is 9.03. The summed E-state index contributed by atoms with van der Waals surface area (Å²) in [5, 5.41) is 0. The highest BCUT2D eigenvalue weighted by atomic mass is 32.2. The van der Waals surface area contributed by atoms with Crippen molar-refractivity contribution in [1.29, 1.82) is 0 Å². The molecule has 2 aromatic carbocycles. The van der Waals surface area contributed by atoms with Gasteiger partial charge in [0.05, 0.1) is 4.75 Å². The molecule has 0 amide bonds. The molecule has 0 aliphatic heterocycles. The SMILES string of the molecule is Cc1oc(-c2ccccc2)nc1COc1ccc(/C=N/S(=O)C(C)(C)C)cc1. The maximum atomic E-state index is 12.0. The van der Waals surface area contributed by atoms with E-state index in [0.29, 0.717) is 12.5 Å². The number of ether oxygens (including phenoxy) is 1. The van der Waals surface area contributed by atoms with Crippen LogP contribution in [-0.2, 0) is 17.6 Å². The molecular formula is C22H24N2O3S. The standard InChI is InChI=1S/C22H24N2O3S/c1-16-20(24-21(27-16)18-8-6-5-7-9-18)15-26-19-12-10-17(11-13-19)14-23-28(25)22(2,3)4/h5-14H,15H2,1-4H3/b23-14+. The number of oxazole rings is 1. The van der Waals surface area contributed by atoms with E-state index in [1.807, 2.05) is 82.3 Å². The summed E-state index contributed by atoms with van der Waals surface area (Å²) >= 11 is 0. The summed E-state index contributed by atoms with van der Waals surface area (Å²) in [6, 6.07) is 17.3. The lowest BCUT2D eigenvalue weighted by atomic mass is 10.2. The Bertz CT molecular complexity index is 971. The summed E-state index contributed by atoms with van der Waals surface area (Å²) in [4.78, 5) is 4.54. The van der Waals surface area contributed by atoms with Crippen molar-refractivity contribution in [3.05, 3.63) is 71.6 Å². The van der Waals surface area contributed by atoms with Crippen LogP contribution in [0, 0.1) is 6.92 Å². The molecule has 6 heteroatoms. The summed E-state index contributed by atoms with van der Waals surface area (Å²) < 4.78 is 27.3. The molecule has 3 rings (SSSR count). The fourth-order valence-corrected chi connectivity index (χ4v) is 2.87. The van der Waals surface area contributed by atoms with Gasteiger partial charge in [0.2, 0.25) is 5.89 Å². The zero-order chi connectivity index (χ0) is 20.1. The predicted octanol–water partition coefficient (Wildman–Crippen LogP) is 5.11. The van der Waals surface area contributed by atoms with Crippen molar-refractivity contribution in [2.75, 3.05) is 0 Å². The van der Waals surface area contributed by atoms with Gasteiger partial charge in [0.25, 0.3) is 0 Å². The first-order chi connectivity index (χ1) is 13.3. The zero-order valence-corrected chi connectivity index (χ0v) is 17.3. The molecule has 146 valence electrons. The third-order valence-electron chi connectivity index (χ3n) is 3.99. The maximum absolute atomic E-state index is 12.0. The smallest absolute Gasteiger partial charge is 0.226 e. The molecule has 28 heavy (non-hydrogen) atoms. The van der Waals surface area contributed by atoms with Crippen LogP contribution < -0.4 is 4.74 Å². The minimum Gasteiger partial charge on any atom is -0.487 e. The Hall–Kier alpha value is -2.73. The van der Waals surface area contributed by atoms with Gasteiger partial charge in [0.15, 0.2) is 0 Å². The average molecular weight is 397 g/mol. The van der Waals surface area contributed by atoms with E-state index in [-0.39, 0.29) is 4.75 Å². The maximum Gasteiger partial charge on any atom is 0.226 e. The van der Waals surface area contributed by atoms with E-state index >= 15 is 0 Å². The molecule has 0 aliphatic carbocycles. The number of aromatic nitrogens is 1. The van der Waals surface area contributed by atoms with Crippen molar-refractivity contribution < 1.29 is 13.4 Å².